The molecule has 0 saturated carbocycles. The summed E-state index contributed by atoms with van der Waals surface area (Å²) in [5.41, 5.74) is 1.21. The highest BCUT2D eigenvalue weighted by atomic mass is 32.2. The predicted molar refractivity (Wildman–Crippen MR) is 104 cm³/mol. The highest BCUT2D eigenvalue weighted by Gasteiger charge is 2.31. The molecule has 27 heavy (non-hydrogen) atoms. The minimum Gasteiger partial charge on any atom is -0.300 e. The first-order valence-electron chi connectivity index (χ1n) is 8.77. The molecular weight excluding hydrogens is 386 g/mol. The number of benzene rings is 1. The van der Waals surface area contributed by atoms with E-state index in [-0.39, 0.29) is 21.3 Å². The smallest absolute Gasteiger partial charge is 0.272 e. The van der Waals surface area contributed by atoms with E-state index in [4.69, 9.17) is 0 Å². The highest BCUT2D eigenvalue weighted by Crippen LogP contribution is 2.24. The Hall–Kier alpha value is -1.88. The van der Waals surface area contributed by atoms with Crippen molar-refractivity contribution in [1.29, 1.82) is 0 Å². The molecule has 1 amide bonds. The fourth-order valence-electron chi connectivity index (χ4n) is 2.69. The van der Waals surface area contributed by atoms with E-state index in [9.17, 15) is 13.2 Å². The first-order valence-corrected chi connectivity index (χ1v) is 11.0. The zero-order chi connectivity index (χ0) is 19.4. The van der Waals surface area contributed by atoms with Crippen molar-refractivity contribution in [1.82, 2.24) is 19.4 Å². The van der Waals surface area contributed by atoms with Gasteiger partial charge in [0.1, 0.15) is 0 Å². The lowest BCUT2D eigenvalue weighted by Gasteiger charge is -2.33. The molecule has 1 aromatic heterocycles. The molecule has 1 aliphatic rings. The van der Waals surface area contributed by atoms with Crippen molar-refractivity contribution >= 4 is 32.4 Å². The van der Waals surface area contributed by atoms with E-state index in [0.29, 0.717) is 26.2 Å². The largest absolute Gasteiger partial charge is 0.300 e. The Morgan fingerprint density at radius 3 is 2.44 bits per heavy atom. The Balaban J connectivity index is 1.60. The van der Waals surface area contributed by atoms with Gasteiger partial charge in [-0.25, -0.2) is 8.42 Å². The van der Waals surface area contributed by atoms with E-state index >= 15 is 0 Å². The Kier molecular flexibility index (Phi) is 6.20. The zero-order valence-corrected chi connectivity index (χ0v) is 17.0. The Bertz CT molecular complexity index is 875. The van der Waals surface area contributed by atoms with Crippen LogP contribution in [0.2, 0.25) is 0 Å². The van der Waals surface area contributed by atoms with E-state index in [1.54, 1.807) is 13.8 Å². The minimum absolute atomic E-state index is 0.0851. The third kappa shape index (κ3) is 4.89. The van der Waals surface area contributed by atoms with Crippen LogP contribution >= 0.6 is 11.3 Å². The standard InChI is InChI=1S/C17H23N5O3S2/c1-13(2)15(23)18-16-19-20-17(26-16)27(24,25)22-10-8-21(9-11-22)12-14-6-4-3-5-7-14/h3-7,13H,8-12H2,1-2H3,(H,18,19,23). The first-order chi connectivity index (χ1) is 12.9. The van der Waals surface area contributed by atoms with Crippen LogP contribution in [-0.2, 0) is 21.4 Å². The number of hydrogen-bond acceptors (Lipinski definition) is 7. The maximum Gasteiger partial charge on any atom is 0.272 e. The molecule has 3 rings (SSSR count). The molecule has 1 fully saturated rings. The van der Waals surface area contributed by atoms with E-state index in [1.807, 2.05) is 18.2 Å². The molecule has 0 radical (unpaired) electrons. The summed E-state index contributed by atoms with van der Waals surface area (Å²) in [4.78, 5) is 14.0. The Labute approximate surface area is 163 Å². The molecule has 146 valence electrons. The first kappa shape index (κ1) is 19.9. The zero-order valence-electron chi connectivity index (χ0n) is 15.3. The molecule has 1 N–H and O–H groups in total. The predicted octanol–water partition coefficient (Wildman–Crippen LogP) is 1.64. The second-order valence-electron chi connectivity index (χ2n) is 6.68. The van der Waals surface area contributed by atoms with Crippen LogP contribution in [0.25, 0.3) is 0 Å². The van der Waals surface area contributed by atoms with Crippen molar-refractivity contribution < 1.29 is 13.2 Å². The van der Waals surface area contributed by atoms with Crippen molar-refractivity contribution in [2.75, 3.05) is 31.5 Å². The lowest BCUT2D eigenvalue weighted by Crippen LogP contribution is -2.48. The van der Waals surface area contributed by atoms with E-state index in [1.165, 1.54) is 9.87 Å². The average Bonchev–Trinajstić information content (AvgIpc) is 3.12. The Morgan fingerprint density at radius 2 is 1.81 bits per heavy atom. The fourth-order valence-corrected chi connectivity index (χ4v) is 5.16. The molecule has 1 aliphatic heterocycles. The second-order valence-corrected chi connectivity index (χ2v) is 9.77. The molecule has 0 atom stereocenters. The summed E-state index contributed by atoms with van der Waals surface area (Å²) in [6, 6.07) is 10.1. The van der Waals surface area contributed by atoms with Gasteiger partial charge in [-0.3, -0.25) is 9.69 Å². The molecule has 8 nitrogen and oxygen atoms in total. The maximum atomic E-state index is 12.8. The Morgan fingerprint density at radius 1 is 1.15 bits per heavy atom. The van der Waals surface area contributed by atoms with Gasteiger partial charge in [0, 0.05) is 38.6 Å². The summed E-state index contributed by atoms with van der Waals surface area (Å²) in [7, 11) is -3.69. The molecule has 1 aromatic carbocycles. The van der Waals surface area contributed by atoms with Crippen molar-refractivity contribution in [3.05, 3.63) is 35.9 Å². The fraction of sp³-hybridized carbons (Fsp3) is 0.471. The van der Waals surface area contributed by atoms with Crippen LogP contribution in [-0.4, -0.2) is 59.9 Å². The molecule has 10 heteroatoms. The minimum atomic E-state index is -3.69. The van der Waals surface area contributed by atoms with Crippen LogP contribution in [0.4, 0.5) is 5.13 Å². The summed E-state index contributed by atoms with van der Waals surface area (Å²) < 4.78 is 26.9. The molecule has 0 spiro atoms. The van der Waals surface area contributed by atoms with Gasteiger partial charge >= 0.3 is 0 Å². The third-order valence-electron chi connectivity index (χ3n) is 4.30. The number of nitrogens with one attached hydrogen (secondary N) is 1. The lowest BCUT2D eigenvalue weighted by molar-refractivity contribution is -0.118. The average molecular weight is 410 g/mol. The van der Waals surface area contributed by atoms with Crippen LogP contribution in [0, 0.1) is 5.92 Å². The normalized spacial score (nSPS) is 16.6. The topological polar surface area (TPSA) is 95.5 Å². The quantitative estimate of drug-likeness (QED) is 0.729. The van der Waals surface area contributed by atoms with Crippen LogP contribution in [0.3, 0.4) is 0 Å². The van der Waals surface area contributed by atoms with Gasteiger partial charge in [-0.05, 0) is 5.56 Å². The summed E-state index contributed by atoms with van der Waals surface area (Å²) >= 11 is 0.885. The summed E-state index contributed by atoms with van der Waals surface area (Å²) in [5, 5.41) is 10.4. The van der Waals surface area contributed by atoms with Gasteiger partial charge in [0.2, 0.25) is 15.4 Å². The number of piperazine rings is 1. The number of rotatable bonds is 6. The number of nitrogens with zero attached hydrogens (tertiary/aromatic N) is 4. The monoisotopic (exact) mass is 409 g/mol. The molecule has 2 aromatic rings. The van der Waals surface area contributed by atoms with Gasteiger partial charge in [0.25, 0.3) is 10.0 Å². The van der Waals surface area contributed by atoms with Gasteiger partial charge in [-0.2, -0.15) is 4.31 Å². The number of sulfonamides is 1. The van der Waals surface area contributed by atoms with Gasteiger partial charge in [-0.15, -0.1) is 10.2 Å². The van der Waals surface area contributed by atoms with Crippen molar-refractivity contribution in [2.24, 2.45) is 5.92 Å². The maximum absolute atomic E-state index is 12.8. The molecule has 2 heterocycles. The van der Waals surface area contributed by atoms with Crippen LogP contribution < -0.4 is 5.32 Å². The molecule has 0 aliphatic carbocycles. The number of hydrogen-bond donors (Lipinski definition) is 1. The molecule has 0 unspecified atom stereocenters. The number of aromatic nitrogens is 2. The lowest BCUT2D eigenvalue weighted by atomic mass is 10.2. The number of carbonyl (C=O) groups is 1. The van der Waals surface area contributed by atoms with E-state index in [0.717, 1.165) is 17.9 Å². The van der Waals surface area contributed by atoms with Crippen LogP contribution in [0.5, 0.6) is 0 Å². The number of amides is 1. The molecular formula is C17H23N5O3S2. The van der Waals surface area contributed by atoms with Crippen molar-refractivity contribution in [3.8, 4) is 0 Å². The van der Waals surface area contributed by atoms with Crippen LogP contribution in [0.1, 0.15) is 19.4 Å². The van der Waals surface area contributed by atoms with Gasteiger partial charge in [0.05, 0.1) is 0 Å². The van der Waals surface area contributed by atoms with E-state index < -0.39 is 10.0 Å². The summed E-state index contributed by atoms with van der Waals surface area (Å²) in [6.45, 7) is 6.43. The summed E-state index contributed by atoms with van der Waals surface area (Å²) in [6.07, 6.45) is 0. The van der Waals surface area contributed by atoms with Crippen LogP contribution in [0.15, 0.2) is 34.7 Å². The van der Waals surface area contributed by atoms with Gasteiger partial charge < -0.3 is 5.32 Å². The van der Waals surface area contributed by atoms with E-state index in [2.05, 4.69) is 32.5 Å². The van der Waals surface area contributed by atoms with Crippen molar-refractivity contribution in [3.63, 3.8) is 0 Å². The number of anilines is 1. The highest BCUT2D eigenvalue weighted by molar-refractivity contribution is 7.91. The molecule has 1 saturated heterocycles. The third-order valence-corrected chi connectivity index (χ3v) is 7.38. The SMILES string of the molecule is CC(C)C(=O)Nc1nnc(S(=O)(=O)N2CCN(Cc3ccccc3)CC2)s1. The molecule has 0 bridgehead atoms. The number of carbonyl (C=O) groups excluding carboxylic acids is 1. The van der Waals surface area contributed by atoms with Gasteiger partial charge in [-0.1, -0.05) is 55.5 Å². The summed E-state index contributed by atoms with van der Waals surface area (Å²) in [5.74, 6) is -0.434. The second kappa shape index (κ2) is 8.42. The van der Waals surface area contributed by atoms with Gasteiger partial charge in [0.15, 0.2) is 0 Å². The van der Waals surface area contributed by atoms with Crippen molar-refractivity contribution in [2.45, 2.75) is 24.7 Å².